The molecular weight excluding hydrogens is 508 g/mol. The van der Waals surface area contributed by atoms with E-state index in [1.54, 1.807) is 11.8 Å². The lowest BCUT2D eigenvalue weighted by molar-refractivity contribution is 0.0985. The molecule has 1 fully saturated rings. The van der Waals surface area contributed by atoms with Gasteiger partial charge in [0.05, 0.1) is 24.5 Å². The fraction of sp³-hybridized carbons (Fsp3) is 0.257. The molecule has 0 bridgehead atoms. The van der Waals surface area contributed by atoms with Gasteiger partial charge in [-0.15, -0.1) is 0 Å². The van der Waals surface area contributed by atoms with Crippen LogP contribution in [0.4, 0.5) is 0 Å². The van der Waals surface area contributed by atoms with Gasteiger partial charge >= 0.3 is 0 Å². The van der Waals surface area contributed by atoms with Crippen molar-refractivity contribution in [3.63, 3.8) is 0 Å². The van der Waals surface area contributed by atoms with Crippen LogP contribution >= 0.6 is 0 Å². The highest BCUT2D eigenvalue weighted by Crippen LogP contribution is 2.38. The Morgan fingerprint density at radius 3 is 2.61 bits per heavy atom. The first-order chi connectivity index (χ1) is 20.0. The smallest absolute Gasteiger partial charge is 0.185 e. The maximum Gasteiger partial charge on any atom is 0.185 e. The van der Waals surface area contributed by atoms with Gasteiger partial charge < -0.3 is 15.8 Å². The standard InChI is InChI=1S/C35H36N4O2/c1-23-17-31(39(38-23)29-11-6-8-26(19-29)21-36)32(40)20-25-7-5-10-28(18-25)35(37-22-24-13-14-24)34-30-12-4-3-9-27(30)15-16-33(34)41-2/h3-12,15-19,24,35,37H,13-14,20-22,36H2,1-2H3. The van der Waals surface area contributed by atoms with Gasteiger partial charge in [-0.2, -0.15) is 5.10 Å². The largest absolute Gasteiger partial charge is 0.496 e. The van der Waals surface area contributed by atoms with Gasteiger partial charge in [0.15, 0.2) is 5.78 Å². The van der Waals surface area contributed by atoms with Crippen LogP contribution in [0.3, 0.4) is 0 Å². The summed E-state index contributed by atoms with van der Waals surface area (Å²) in [6.45, 7) is 3.29. The molecule has 0 amide bonds. The lowest BCUT2D eigenvalue weighted by Crippen LogP contribution is -2.25. The number of hydrogen-bond donors (Lipinski definition) is 2. The summed E-state index contributed by atoms with van der Waals surface area (Å²) < 4.78 is 7.63. The third-order valence-electron chi connectivity index (χ3n) is 7.90. The number of rotatable bonds is 11. The zero-order chi connectivity index (χ0) is 28.3. The zero-order valence-corrected chi connectivity index (χ0v) is 23.6. The predicted octanol–water partition coefficient (Wildman–Crippen LogP) is 6.32. The summed E-state index contributed by atoms with van der Waals surface area (Å²) in [6, 6.07) is 30.6. The van der Waals surface area contributed by atoms with Gasteiger partial charge in [-0.1, -0.05) is 66.7 Å². The van der Waals surface area contributed by atoms with Crippen LogP contribution in [-0.2, 0) is 13.0 Å². The number of benzene rings is 4. The van der Waals surface area contributed by atoms with E-state index in [1.807, 2.05) is 43.3 Å². The van der Waals surface area contributed by atoms with Gasteiger partial charge in [0.25, 0.3) is 0 Å². The van der Waals surface area contributed by atoms with Gasteiger partial charge in [-0.25, -0.2) is 4.68 Å². The Kier molecular flexibility index (Phi) is 7.68. The molecule has 1 aliphatic rings. The molecule has 0 saturated heterocycles. The number of nitrogens with one attached hydrogen (secondary N) is 1. The lowest BCUT2D eigenvalue weighted by atomic mass is 9.91. The Labute approximate surface area is 241 Å². The number of ketones is 1. The number of fused-ring (bicyclic) bond motifs is 1. The molecule has 0 radical (unpaired) electrons. The fourth-order valence-corrected chi connectivity index (χ4v) is 5.61. The van der Waals surface area contributed by atoms with E-state index in [0.717, 1.165) is 45.9 Å². The van der Waals surface area contributed by atoms with E-state index < -0.39 is 0 Å². The van der Waals surface area contributed by atoms with Gasteiger partial charge in [0.1, 0.15) is 11.4 Å². The van der Waals surface area contributed by atoms with Gasteiger partial charge in [0, 0.05) is 18.5 Å². The van der Waals surface area contributed by atoms with Crippen molar-refractivity contribution in [1.29, 1.82) is 0 Å². The minimum Gasteiger partial charge on any atom is -0.496 e. The van der Waals surface area contributed by atoms with Crippen LogP contribution in [-0.4, -0.2) is 29.2 Å². The molecule has 1 unspecified atom stereocenters. The number of nitrogens with zero attached hydrogens (tertiary/aromatic N) is 2. The van der Waals surface area contributed by atoms with Crippen molar-refractivity contribution in [2.24, 2.45) is 11.7 Å². The summed E-state index contributed by atoms with van der Waals surface area (Å²) >= 11 is 0. The van der Waals surface area contributed by atoms with E-state index in [4.69, 9.17) is 10.5 Å². The van der Waals surface area contributed by atoms with Crippen molar-refractivity contribution in [2.75, 3.05) is 13.7 Å². The second kappa shape index (κ2) is 11.7. The van der Waals surface area contributed by atoms with Crippen molar-refractivity contribution in [3.8, 4) is 11.4 Å². The molecule has 4 aromatic carbocycles. The maximum atomic E-state index is 13.7. The van der Waals surface area contributed by atoms with Crippen LogP contribution in [0.2, 0.25) is 0 Å². The Morgan fingerprint density at radius 2 is 1.80 bits per heavy atom. The zero-order valence-electron chi connectivity index (χ0n) is 23.6. The Hall–Kier alpha value is -4.26. The van der Waals surface area contributed by atoms with E-state index >= 15 is 0 Å². The quantitative estimate of drug-likeness (QED) is 0.190. The van der Waals surface area contributed by atoms with E-state index in [-0.39, 0.29) is 18.2 Å². The molecule has 41 heavy (non-hydrogen) atoms. The molecule has 3 N–H and O–H groups in total. The fourth-order valence-electron chi connectivity index (χ4n) is 5.61. The Balaban J connectivity index is 1.34. The maximum absolute atomic E-state index is 13.7. The van der Waals surface area contributed by atoms with E-state index in [9.17, 15) is 4.79 Å². The number of nitrogens with two attached hydrogens (primary N) is 1. The van der Waals surface area contributed by atoms with Crippen LogP contribution < -0.4 is 15.8 Å². The summed E-state index contributed by atoms with van der Waals surface area (Å²) in [5.41, 5.74) is 12.3. The second-order valence-corrected chi connectivity index (χ2v) is 11.0. The normalized spacial score (nSPS) is 13.8. The summed E-state index contributed by atoms with van der Waals surface area (Å²) in [7, 11) is 1.73. The highest BCUT2D eigenvalue weighted by molar-refractivity contribution is 5.96. The molecule has 5 aromatic rings. The van der Waals surface area contributed by atoms with Crippen LogP contribution in [0.1, 0.15) is 57.3 Å². The number of carbonyl (C=O) groups is 1. The van der Waals surface area contributed by atoms with Gasteiger partial charge in [-0.05, 0) is 84.0 Å². The van der Waals surface area contributed by atoms with Crippen LogP contribution in [0.15, 0.2) is 91.0 Å². The molecule has 6 nitrogen and oxygen atoms in total. The third kappa shape index (κ3) is 5.80. The summed E-state index contributed by atoms with van der Waals surface area (Å²) in [4.78, 5) is 13.7. The predicted molar refractivity (Wildman–Crippen MR) is 164 cm³/mol. The highest BCUT2D eigenvalue weighted by Gasteiger charge is 2.26. The average molecular weight is 545 g/mol. The van der Waals surface area contributed by atoms with Crippen molar-refractivity contribution in [1.82, 2.24) is 15.1 Å². The third-order valence-corrected chi connectivity index (χ3v) is 7.90. The summed E-state index contributed by atoms with van der Waals surface area (Å²) in [5, 5.41) is 10.8. The minimum absolute atomic E-state index is 0.0196. The SMILES string of the molecule is COc1ccc2ccccc2c1C(NCC1CC1)c1cccc(CC(=O)c2cc(C)nn2-c2cccc(CN)c2)c1. The topological polar surface area (TPSA) is 82.2 Å². The van der Waals surface area contributed by atoms with Crippen molar-refractivity contribution in [2.45, 2.75) is 38.8 Å². The first-order valence-electron chi connectivity index (χ1n) is 14.3. The van der Waals surface area contributed by atoms with E-state index in [1.165, 1.54) is 23.6 Å². The van der Waals surface area contributed by atoms with Crippen LogP contribution in [0.5, 0.6) is 5.75 Å². The lowest BCUT2D eigenvalue weighted by Gasteiger charge is -2.24. The molecule has 208 valence electrons. The molecule has 1 aromatic heterocycles. The molecule has 6 rings (SSSR count). The van der Waals surface area contributed by atoms with Crippen LogP contribution in [0.25, 0.3) is 16.5 Å². The molecule has 0 spiro atoms. The highest BCUT2D eigenvalue weighted by atomic mass is 16.5. The second-order valence-electron chi connectivity index (χ2n) is 11.0. The molecule has 1 heterocycles. The molecule has 1 atom stereocenters. The molecule has 6 heteroatoms. The van der Waals surface area contributed by atoms with Crippen molar-refractivity contribution < 1.29 is 9.53 Å². The van der Waals surface area contributed by atoms with Crippen molar-refractivity contribution >= 4 is 16.6 Å². The monoisotopic (exact) mass is 544 g/mol. The minimum atomic E-state index is -0.0709. The molecule has 1 saturated carbocycles. The Bertz CT molecular complexity index is 1700. The number of aryl methyl sites for hydroxylation is 1. The van der Waals surface area contributed by atoms with E-state index in [2.05, 4.69) is 65.0 Å². The number of ether oxygens (including phenoxy) is 1. The number of Topliss-reactive ketones (excluding diaryl/α,β-unsaturated/α-hetero) is 1. The van der Waals surface area contributed by atoms with Gasteiger partial charge in [0.2, 0.25) is 0 Å². The first-order valence-corrected chi connectivity index (χ1v) is 14.3. The molecule has 1 aliphatic carbocycles. The Morgan fingerprint density at radius 1 is 1.00 bits per heavy atom. The first kappa shape index (κ1) is 26.9. The summed E-state index contributed by atoms with van der Waals surface area (Å²) in [6.07, 6.45) is 2.81. The molecular formula is C35H36N4O2. The van der Waals surface area contributed by atoms with E-state index in [0.29, 0.717) is 18.2 Å². The number of hydrogen-bond acceptors (Lipinski definition) is 5. The van der Waals surface area contributed by atoms with Crippen LogP contribution in [0, 0.1) is 12.8 Å². The summed E-state index contributed by atoms with van der Waals surface area (Å²) in [5.74, 6) is 1.59. The number of carbonyl (C=O) groups excluding carboxylic acids is 1. The average Bonchev–Trinajstić information content (AvgIpc) is 3.75. The number of methoxy groups -OCH3 is 1. The molecule has 0 aliphatic heterocycles. The van der Waals surface area contributed by atoms with Crippen molar-refractivity contribution in [3.05, 3.63) is 125 Å². The number of aromatic nitrogens is 2. The van der Waals surface area contributed by atoms with Gasteiger partial charge in [-0.3, -0.25) is 4.79 Å².